The van der Waals surface area contributed by atoms with Crippen LogP contribution in [0, 0.1) is 11.7 Å². The molecule has 1 saturated carbocycles. The number of carbonyl (C=O) groups excluding carboxylic acids is 1. The second kappa shape index (κ2) is 8.45. The molecular weight excluding hydrogens is 389 g/mol. The maximum atomic E-state index is 13.4. The van der Waals surface area contributed by atoms with E-state index >= 15 is 0 Å². The molecule has 5 heteroatoms. The van der Waals surface area contributed by atoms with Crippen LogP contribution in [0.15, 0.2) is 48.5 Å². The van der Waals surface area contributed by atoms with Gasteiger partial charge in [-0.05, 0) is 55.2 Å². The number of rotatable bonds is 4. The van der Waals surface area contributed by atoms with E-state index in [1.54, 1.807) is 12.1 Å². The van der Waals surface area contributed by atoms with E-state index in [9.17, 15) is 9.18 Å². The highest BCUT2D eigenvalue weighted by molar-refractivity contribution is 6.30. The van der Waals surface area contributed by atoms with E-state index in [1.165, 1.54) is 12.1 Å². The fraction of sp³-hybridized carbons (Fsp3) is 0.458. The largest absolute Gasteiger partial charge is 0.365 e. The van der Waals surface area contributed by atoms with Crippen LogP contribution in [0.1, 0.15) is 68.8 Å². The van der Waals surface area contributed by atoms with E-state index in [0.29, 0.717) is 17.9 Å². The highest BCUT2D eigenvalue weighted by Gasteiger charge is 2.41. The molecule has 2 aromatic carbocycles. The minimum atomic E-state index is -0.402. The van der Waals surface area contributed by atoms with E-state index in [2.05, 4.69) is 12.2 Å². The highest BCUT2D eigenvalue weighted by atomic mass is 35.5. The standard InChI is InChI=1S/C24H27ClFNO2/c1-24(27-23(28)18-4-2-3-5-18)14-21(16-6-10-19(25)11-7-16)29-22(15-24)17-8-12-20(26)13-9-17/h6-13,18,21-22H,2-5,14-15H2,1H3,(H,27,28)/t21-,22+,24-/m1/s1. The van der Waals surface area contributed by atoms with Gasteiger partial charge in [-0.25, -0.2) is 4.39 Å². The molecule has 3 atom stereocenters. The minimum Gasteiger partial charge on any atom is -0.365 e. The summed E-state index contributed by atoms with van der Waals surface area (Å²) in [6.07, 6.45) is 5.14. The molecule has 2 aliphatic rings. The first-order chi connectivity index (χ1) is 13.9. The van der Waals surface area contributed by atoms with Crippen LogP contribution in [0.25, 0.3) is 0 Å². The lowest BCUT2D eigenvalue weighted by Gasteiger charge is -2.44. The Morgan fingerprint density at radius 3 is 2.07 bits per heavy atom. The average molecular weight is 416 g/mol. The summed E-state index contributed by atoms with van der Waals surface area (Å²) in [5.74, 6) is 0.00337. The molecule has 0 bridgehead atoms. The molecular formula is C24H27ClFNO2. The predicted octanol–water partition coefficient (Wildman–Crippen LogP) is 6.14. The summed E-state index contributed by atoms with van der Waals surface area (Å²) in [6, 6.07) is 14.1. The van der Waals surface area contributed by atoms with E-state index in [4.69, 9.17) is 16.3 Å². The number of nitrogens with one attached hydrogen (secondary N) is 1. The normalized spacial score (nSPS) is 27.7. The number of hydrogen-bond acceptors (Lipinski definition) is 2. The van der Waals surface area contributed by atoms with Gasteiger partial charge in [0.25, 0.3) is 0 Å². The lowest BCUT2D eigenvalue weighted by atomic mass is 9.81. The summed E-state index contributed by atoms with van der Waals surface area (Å²) in [5.41, 5.74) is 1.55. The molecule has 0 radical (unpaired) electrons. The van der Waals surface area contributed by atoms with Crippen molar-refractivity contribution in [2.75, 3.05) is 0 Å². The van der Waals surface area contributed by atoms with Gasteiger partial charge in [-0.15, -0.1) is 0 Å². The zero-order chi connectivity index (χ0) is 20.4. The molecule has 1 aliphatic heterocycles. The molecule has 2 aromatic rings. The molecule has 0 unspecified atom stereocenters. The molecule has 1 heterocycles. The van der Waals surface area contributed by atoms with Crippen molar-refractivity contribution < 1.29 is 13.9 Å². The van der Waals surface area contributed by atoms with Crippen molar-refractivity contribution in [1.29, 1.82) is 0 Å². The first kappa shape index (κ1) is 20.4. The topological polar surface area (TPSA) is 38.3 Å². The molecule has 4 rings (SSSR count). The van der Waals surface area contributed by atoms with Gasteiger partial charge in [-0.3, -0.25) is 4.79 Å². The van der Waals surface area contributed by atoms with E-state index < -0.39 is 5.54 Å². The first-order valence-corrected chi connectivity index (χ1v) is 10.8. The van der Waals surface area contributed by atoms with Crippen molar-refractivity contribution in [3.63, 3.8) is 0 Å². The summed E-state index contributed by atoms with van der Waals surface area (Å²) >= 11 is 6.05. The van der Waals surface area contributed by atoms with Crippen molar-refractivity contribution >= 4 is 17.5 Å². The second-order valence-corrected chi connectivity index (χ2v) is 9.09. The Morgan fingerprint density at radius 2 is 1.52 bits per heavy atom. The van der Waals surface area contributed by atoms with Gasteiger partial charge in [0, 0.05) is 29.3 Å². The number of carbonyl (C=O) groups is 1. The Hall–Kier alpha value is -1.91. The maximum absolute atomic E-state index is 13.4. The zero-order valence-corrected chi connectivity index (χ0v) is 17.4. The van der Waals surface area contributed by atoms with Gasteiger partial charge in [0.05, 0.1) is 12.2 Å². The molecule has 154 valence electrons. The van der Waals surface area contributed by atoms with Crippen LogP contribution in [0.5, 0.6) is 0 Å². The highest BCUT2D eigenvalue weighted by Crippen LogP contribution is 2.44. The molecule has 0 aromatic heterocycles. The summed E-state index contributed by atoms with van der Waals surface area (Å²) in [7, 11) is 0. The molecule has 1 N–H and O–H groups in total. The third-order valence-electron chi connectivity index (χ3n) is 6.23. The summed E-state index contributed by atoms with van der Waals surface area (Å²) in [5, 5.41) is 4.02. The first-order valence-electron chi connectivity index (χ1n) is 10.4. The van der Waals surface area contributed by atoms with Gasteiger partial charge in [-0.1, -0.05) is 48.7 Å². The van der Waals surface area contributed by atoms with Crippen molar-refractivity contribution in [3.8, 4) is 0 Å². The summed E-state index contributed by atoms with van der Waals surface area (Å²) in [6.45, 7) is 2.10. The molecule has 1 aliphatic carbocycles. The summed E-state index contributed by atoms with van der Waals surface area (Å²) in [4.78, 5) is 12.9. The fourth-order valence-corrected chi connectivity index (χ4v) is 4.76. The van der Waals surface area contributed by atoms with Crippen molar-refractivity contribution in [2.24, 2.45) is 5.92 Å². The van der Waals surface area contributed by atoms with Crippen LogP contribution in [0.4, 0.5) is 4.39 Å². The Bertz CT molecular complexity index is 793. The van der Waals surface area contributed by atoms with Crippen molar-refractivity contribution in [1.82, 2.24) is 5.32 Å². The molecule has 29 heavy (non-hydrogen) atoms. The number of halogens is 2. The number of hydrogen-bond donors (Lipinski definition) is 1. The molecule has 3 nitrogen and oxygen atoms in total. The van der Waals surface area contributed by atoms with Crippen LogP contribution in [0.2, 0.25) is 5.02 Å². The van der Waals surface area contributed by atoms with Crippen LogP contribution in [-0.4, -0.2) is 11.4 Å². The second-order valence-electron chi connectivity index (χ2n) is 8.66. The maximum Gasteiger partial charge on any atom is 0.223 e. The average Bonchev–Trinajstić information content (AvgIpc) is 3.23. The van der Waals surface area contributed by atoms with Gasteiger partial charge >= 0.3 is 0 Å². The fourth-order valence-electron chi connectivity index (χ4n) is 4.63. The number of benzene rings is 2. The summed E-state index contributed by atoms with van der Waals surface area (Å²) < 4.78 is 19.8. The number of amides is 1. The van der Waals surface area contributed by atoms with Gasteiger partial charge in [0.2, 0.25) is 5.91 Å². The van der Waals surface area contributed by atoms with E-state index in [-0.39, 0.29) is 29.9 Å². The Balaban J connectivity index is 1.59. The smallest absolute Gasteiger partial charge is 0.223 e. The Kier molecular flexibility index (Phi) is 5.93. The van der Waals surface area contributed by atoms with Gasteiger partial charge in [0.15, 0.2) is 0 Å². The lowest BCUT2D eigenvalue weighted by molar-refractivity contribution is -0.132. The Labute approximate surface area is 176 Å². The minimum absolute atomic E-state index is 0.118. The van der Waals surface area contributed by atoms with Crippen molar-refractivity contribution in [3.05, 3.63) is 70.5 Å². The van der Waals surface area contributed by atoms with Crippen molar-refractivity contribution in [2.45, 2.75) is 63.2 Å². The molecule has 2 fully saturated rings. The van der Waals surface area contributed by atoms with Gasteiger partial charge in [-0.2, -0.15) is 0 Å². The van der Waals surface area contributed by atoms with Crippen LogP contribution in [-0.2, 0) is 9.53 Å². The number of ether oxygens (including phenoxy) is 1. The quantitative estimate of drug-likeness (QED) is 0.651. The zero-order valence-electron chi connectivity index (χ0n) is 16.7. The van der Waals surface area contributed by atoms with Crippen LogP contribution in [0.3, 0.4) is 0 Å². The molecule has 1 saturated heterocycles. The third-order valence-corrected chi connectivity index (χ3v) is 6.49. The van der Waals surface area contributed by atoms with E-state index in [1.807, 2.05) is 24.3 Å². The Morgan fingerprint density at radius 1 is 1.00 bits per heavy atom. The SMILES string of the molecule is C[C@]1(NC(=O)C2CCCC2)C[C@@H](c2ccc(F)cc2)O[C@@H](c2ccc(Cl)cc2)C1. The van der Waals surface area contributed by atoms with Crippen LogP contribution >= 0.6 is 11.6 Å². The molecule has 1 amide bonds. The molecule has 0 spiro atoms. The monoisotopic (exact) mass is 415 g/mol. The van der Waals surface area contributed by atoms with Gasteiger partial charge < -0.3 is 10.1 Å². The third kappa shape index (κ3) is 4.81. The van der Waals surface area contributed by atoms with Crippen LogP contribution < -0.4 is 5.32 Å². The van der Waals surface area contributed by atoms with E-state index in [0.717, 1.165) is 36.8 Å². The lowest BCUT2D eigenvalue weighted by Crippen LogP contribution is -2.52. The predicted molar refractivity (Wildman–Crippen MR) is 112 cm³/mol. The van der Waals surface area contributed by atoms with Gasteiger partial charge in [0.1, 0.15) is 5.82 Å².